The van der Waals surface area contributed by atoms with Crippen molar-refractivity contribution in [3.05, 3.63) is 84.5 Å². The van der Waals surface area contributed by atoms with Crippen molar-refractivity contribution in [2.45, 2.75) is 191 Å². The summed E-state index contributed by atoms with van der Waals surface area (Å²) in [6.07, 6.45) is 20.1. The number of rotatable bonds is 26. The minimum atomic E-state index is -2.85. The Bertz CT molecular complexity index is 1830. The molecule has 10 heteroatoms. The maximum Gasteiger partial charge on any atom is 0.334 e. The molecule has 0 radical (unpaired) electrons. The molecule has 2 aromatic carbocycles. The summed E-state index contributed by atoms with van der Waals surface area (Å²) >= 11 is 0. The van der Waals surface area contributed by atoms with Crippen molar-refractivity contribution in [1.82, 2.24) is 0 Å². The molecule has 5 rings (SSSR count). The molecule has 0 spiro atoms. The lowest BCUT2D eigenvalue weighted by Gasteiger charge is -2.45. The molecule has 8 atom stereocenters. The highest BCUT2D eigenvalue weighted by molar-refractivity contribution is 6.99. The molecule has 2 saturated heterocycles. The number of hydrogen-bond acceptors (Lipinski definition) is 9. The van der Waals surface area contributed by atoms with Gasteiger partial charge >= 0.3 is 5.97 Å². The van der Waals surface area contributed by atoms with Gasteiger partial charge in [0.15, 0.2) is 0 Å². The Labute approximate surface area is 392 Å². The molecule has 356 valence electrons. The van der Waals surface area contributed by atoms with E-state index in [9.17, 15) is 4.79 Å². The van der Waals surface area contributed by atoms with Crippen molar-refractivity contribution >= 4 is 24.7 Å². The van der Waals surface area contributed by atoms with Crippen LogP contribution < -0.4 is 10.4 Å². The Balaban J connectivity index is 1.15. The molecule has 0 aromatic heterocycles. The average molecular weight is 911 g/mol. The van der Waals surface area contributed by atoms with Crippen molar-refractivity contribution in [3.8, 4) is 23.7 Å². The van der Waals surface area contributed by atoms with E-state index in [1.807, 2.05) is 19.1 Å². The molecule has 3 aliphatic rings. The average Bonchev–Trinajstić information content (AvgIpc) is 4.07. The van der Waals surface area contributed by atoms with E-state index in [2.05, 4.69) is 118 Å². The lowest BCUT2D eigenvalue weighted by molar-refractivity contribution is -0.154. The van der Waals surface area contributed by atoms with Gasteiger partial charge in [-0.1, -0.05) is 132 Å². The van der Waals surface area contributed by atoms with Gasteiger partial charge < -0.3 is 37.6 Å². The van der Waals surface area contributed by atoms with E-state index in [0.717, 1.165) is 57.8 Å². The van der Waals surface area contributed by atoms with Crippen molar-refractivity contribution in [1.29, 1.82) is 0 Å². The maximum atomic E-state index is 12.9. The Kier molecular flexibility index (Phi) is 22.5. The molecular weight excluding hydrogens is 833 g/mol. The summed E-state index contributed by atoms with van der Waals surface area (Å²) in [6, 6.07) is 21.4. The van der Waals surface area contributed by atoms with E-state index in [1.165, 1.54) is 36.1 Å². The summed E-state index contributed by atoms with van der Waals surface area (Å²) in [7, 11) is 0.436. The predicted octanol–water partition coefficient (Wildman–Crippen LogP) is 10.1. The first-order chi connectivity index (χ1) is 31.6. The highest BCUT2D eigenvalue weighted by Gasteiger charge is 2.51. The normalized spacial score (nSPS) is 22.5. The number of carbonyl (C=O) groups excluding carboxylic acids is 1. The van der Waals surface area contributed by atoms with E-state index in [-0.39, 0.29) is 73.4 Å². The molecule has 0 N–H and O–H groups in total. The lowest BCUT2D eigenvalue weighted by atomic mass is 10.0. The monoisotopic (exact) mass is 911 g/mol. The van der Waals surface area contributed by atoms with Gasteiger partial charge in [-0.05, 0) is 85.9 Å². The van der Waals surface area contributed by atoms with E-state index in [1.54, 1.807) is 14.2 Å². The lowest BCUT2D eigenvalue weighted by Crippen LogP contribution is -2.67. The summed E-state index contributed by atoms with van der Waals surface area (Å²) in [5.74, 6) is 13.1. The zero-order valence-electron chi connectivity index (χ0n) is 40.5. The van der Waals surface area contributed by atoms with Crippen LogP contribution >= 0.6 is 0 Å². The topological polar surface area (TPSA) is 90.9 Å². The van der Waals surface area contributed by atoms with Crippen LogP contribution in [0, 0.1) is 23.7 Å². The minimum Gasteiger partial charge on any atom is -0.455 e. The van der Waals surface area contributed by atoms with Gasteiger partial charge in [0.05, 0.1) is 42.7 Å². The van der Waals surface area contributed by atoms with Gasteiger partial charge in [-0.3, -0.25) is 0 Å². The van der Waals surface area contributed by atoms with Crippen LogP contribution in [0.2, 0.25) is 5.04 Å². The van der Waals surface area contributed by atoms with E-state index >= 15 is 0 Å². The number of cyclic esters (lactones) is 1. The molecule has 0 unspecified atom stereocenters. The van der Waals surface area contributed by atoms with Gasteiger partial charge in [0.25, 0.3) is 8.32 Å². The third-order valence-electron chi connectivity index (χ3n) is 12.8. The van der Waals surface area contributed by atoms with E-state index < -0.39 is 8.32 Å². The number of esters is 1. The first kappa shape index (κ1) is 52.4. The fraction of sp³-hybridized carbons (Fsp3) is 0.618. The molecule has 2 fully saturated rings. The summed E-state index contributed by atoms with van der Waals surface area (Å²) < 4.78 is 49.1. The molecular formula is C55H78O9Si. The Morgan fingerprint density at radius 1 is 0.769 bits per heavy atom. The predicted molar refractivity (Wildman–Crippen MR) is 261 cm³/mol. The second-order valence-corrected chi connectivity index (χ2v) is 23.0. The maximum absolute atomic E-state index is 12.9. The van der Waals surface area contributed by atoms with Crippen LogP contribution in [0.25, 0.3) is 0 Å². The number of ether oxygens (including phenoxy) is 7. The molecule has 3 heterocycles. The van der Waals surface area contributed by atoms with Gasteiger partial charge in [0.1, 0.15) is 19.7 Å². The Hall–Kier alpha value is -3.55. The van der Waals surface area contributed by atoms with Gasteiger partial charge in [-0.2, -0.15) is 0 Å². The Morgan fingerprint density at radius 2 is 1.35 bits per heavy atom. The second-order valence-electron chi connectivity index (χ2n) is 18.8. The number of benzene rings is 2. The van der Waals surface area contributed by atoms with Crippen molar-refractivity contribution in [2.75, 3.05) is 27.8 Å². The summed E-state index contributed by atoms with van der Waals surface area (Å²) in [5, 5.41) is 2.26. The van der Waals surface area contributed by atoms with Gasteiger partial charge in [-0.25, -0.2) is 4.79 Å². The van der Waals surface area contributed by atoms with Crippen LogP contribution in [0.5, 0.6) is 0 Å². The van der Waals surface area contributed by atoms with Crippen molar-refractivity contribution in [3.63, 3.8) is 0 Å². The molecule has 0 amide bonds. The van der Waals surface area contributed by atoms with Crippen LogP contribution in [0.1, 0.15) is 137 Å². The number of allylic oxidation sites excluding steroid dienone is 2. The summed E-state index contributed by atoms with van der Waals surface area (Å²) in [5.41, 5.74) is 0.700. The van der Waals surface area contributed by atoms with Gasteiger partial charge in [0, 0.05) is 45.5 Å². The van der Waals surface area contributed by atoms with Crippen molar-refractivity contribution in [2.24, 2.45) is 0 Å². The first-order valence-corrected chi connectivity index (χ1v) is 26.3. The quantitative estimate of drug-likeness (QED) is 0.0301. The van der Waals surface area contributed by atoms with Crippen LogP contribution in [-0.2, 0) is 42.4 Å². The standard InChI is InChI=1S/C55H78O9Si/c1-8-9-10-11-12-13-17-26-33-48(59-41-57-6)50-35-37-52(62-50)53-38-36-51(63-53)49(60-42-58-7)34-27-18-15-14-16-21-28-45(40-44-39-43(2)61-54(44)56)64-65(55(3,4)5,46-29-22-19-23-30-46)47-31-24-20-25-32-47/h14-15,19-20,22-25,29-32,39,43,45,48-53H,8-13,16,21,28,33-38,40-42H2,1-7H3/b15-14+/t43-,45-,48+,49+,50+,51+,52+,53+/m0/s1. The molecule has 9 nitrogen and oxygen atoms in total. The Morgan fingerprint density at radius 3 is 1.89 bits per heavy atom. The molecule has 2 aromatic rings. The third-order valence-corrected chi connectivity index (χ3v) is 17.8. The molecule has 3 aliphatic heterocycles. The zero-order chi connectivity index (χ0) is 46.3. The molecule has 65 heavy (non-hydrogen) atoms. The second kappa shape index (κ2) is 27.9. The highest BCUT2D eigenvalue weighted by Crippen LogP contribution is 2.39. The summed E-state index contributed by atoms with van der Waals surface area (Å²) in [6.45, 7) is 11.4. The third kappa shape index (κ3) is 16.0. The van der Waals surface area contributed by atoms with Crippen molar-refractivity contribution < 1.29 is 42.4 Å². The summed E-state index contributed by atoms with van der Waals surface area (Å²) in [4.78, 5) is 12.9. The van der Waals surface area contributed by atoms with Gasteiger partial charge in [-0.15, -0.1) is 11.8 Å². The van der Waals surface area contributed by atoms with Crippen LogP contribution in [0.4, 0.5) is 0 Å². The van der Waals surface area contributed by atoms with Crippen LogP contribution in [0.3, 0.4) is 0 Å². The van der Waals surface area contributed by atoms with E-state index in [4.69, 9.17) is 37.6 Å². The first-order valence-electron chi connectivity index (χ1n) is 24.4. The number of methoxy groups -OCH3 is 2. The number of carbonyl (C=O) groups is 1. The zero-order valence-corrected chi connectivity index (χ0v) is 41.5. The fourth-order valence-electron chi connectivity index (χ4n) is 9.45. The SMILES string of the molecule is CCCCCCCC#CC[C@@H](OCOC)[C@H]1CC[C@H]([C@H]2CC[C@H]([C@@H](CC#C/C=C/CCC[C@@H](CC3=C[C@H](C)OC3=O)O[Si](c3ccccc3)(c3ccccc3)C(C)(C)C)OCOC)O2)O1. The largest absolute Gasteiger partial charge is 0.455 e. The molecule has 0 saturated carbocycles. The fourth-order valence-corrected chi connectivity index (χ4v) is 14.2. The molecule has 0 aliphatic carbocycles. The highest BCUT2D eigenvalue weighted by atomic mass is 28.4. The molecule has 0 bridgehead atoms. The number of hydrogen-bond donors (Lipinski definition) is 0. The smallest absolute Gasteiger partial charge is 0.334 e. The number of unbranched alkanes of at least 4 members (excludes halogenated alkanes) is 6. The van der Waals surface area contributed by atoms with Crippen LogP contribution in [0.15, 0.2) is 84.5 Å². The van der Waals surface area contributed by atoms with E-state index in [0.29, 0.717) is 24.8 Å². The van der Waals surface area contributed by atoms with Crippen LogP contribution in [-0.4, -0.2) is 90.9 Å². The minimum absolute atomic E-state index is 0.00318. The van der Waals surface area contributed by atoms with Gasteiger partial charge in [0.2, 0.25) is 0 Å².